The number of aryl methyl sites for hydroxylation is 1. The van der Waals surface area contributed by atoms with Crippen LogP contribution in [0.15, 0.2) is 35.1 Å². The standard InChI is InChI=1S/C14H13ClFN3O2/c1-18(8-9-10(15)4-3-5-11(9)16)14(21)12-6-7-13(20)19(2)17-12/h3-7H,8H2,1-2H3. The fraction of sp³-hybridized carbons (Fsp3) is 0.214. The predicted octanol–water partition coefficient (Wildman–Crippen LogP) is 1.84. The molecule has 2 aromatic rings. The van der Waals surface area contributed by atoms with Gasteiger partial charge in [-0.15, -0.1) is 0 Å². The molecule has 0 bridgehead atoms. The highest BCUT2D eigenvalue weighted by atomic mass is 35.5. The molecule has 0 radical (unpaired) electrons. The minimum atomic E-state index is -0.476. The maximum absolute atomic E-state index is 13.7. The van der Waals surface area contributed by atoms with E-state index in [-0.39, 0.29) is 28.4 Å². The van der Waals surface area contributed by atoms with Gasteiger partial charge >= 0.3 is 0 Å². The molecule has 0 spiro atoms. The molecule has 0 aliphatic rings. The number of rotatable bonds is 3. The maximum Gasteiger partial charge on any atom is 0.274 e. The van der Waals surface area contributed by atoms with Gasteiger partial charge in [0.05, 0.1) is 6.54 Å². The number of hydrogen-bond acceptors (Lipinski definition) is 3. The lowest BCUT2D eigenvalue weighted by Crippen LogP contribution is -2.30. The number of halogens is 2. The average Bonchev–Trinajstić information content (AvgIpc) is 2.45. The van der Waals surface area contributed by atoms with Crippen molar-refractivity contribution < 1.29 is 9.18 Å². The van der Waals surface area contributed by atoms with Gasteiger partial charge in [-0.05, 0) is 18.2 Å². The largest absolute Gasteiger partial charge is 0.336 e. The summed E-state index contributed by atoms with van der Waals surface area (Å²) in [5.41, 5.74) is 0.0262. The number of hydrogen-bond donors (Lipinski definition) is 0. The molecule has 0 unspecified atom stereocenters. The summed E-state index contributed by atoms with van der Waals surface area (Å²) in [4.78, 5) is 24.8. The van der Waals surface area contributed by atoms with Crippen LogP contribution in [0.2, 0.25) is 5.02 Å². The van der Waals surface area contributed by atoms with Crippen molar-refractivity contribution in [3.8, 4) is 0 Å². The Balaban J connectivity index is 2.23. The Bertz CT molecular complexity index is 725. The summed E-state index contributed by atoms with van der Waals surface area (Å²) in [6.07, 6.45) is 0. The minimum absolute atomic E-state index is 0.00879. The normalized spacial score (nSPS) is 10.5. The third kappa shape index (κ3) is 3.28. The summed E-state index contributed by atoms with van der Waals surface area (Å²) in [7, 11) is 2.96. The van der Waals surface area contributed by atoms with E-state index < -0.39 is 11.7 Å². The van der Waals surface area contributed by atoms with Gasteiger partial charge in [-0.1, -0.05) is 17.7 Å². The van der Waals surface area contributed by atoms with Gasteiger partial charge < -0.3 is 4.90 Å². The van der Waals surface area contributed by atoms with Gasteiger partial charge in [0.1, 0.15) is 11.5 Å². The van der Waals surface area contributed by atoms with Gasteiger partial charge in [0.25, 0.3) is 11.5 Å². The first-order valence-corrected chi connectivity index (χ1v) is 6.50. The quantitative estimate of drug-likeness (QED) is 0.869. The number of nitrogens with zero attached hydrogens (tertiary/aromatic N) is 3. The number of amides is 1. The van der Waals surface area contributed by atoms with E-state index in [4.69, 9.17) is 11.6 Å². The van der Waals surface area contributed by atoms with Crippen molar-refractivity contribution in [2.45, 2.75) is 6.54 Å². The van der Waals surface area contributed by atoms with Crippen LogP contribution >= 0.6 is 11.6 Å². The van der Waals surface area contributed by atoms with Crippen LogP contribution in [-0.4, -0.2) is 27.6 Å². The van der Waals surface area contributed by atoms with Crippen molar-refractivity contribution in [1.82, 2.24) is 14.7 Å². The summed E-state index contributed by atoms with van der Waals surface area (Å²) < 4.78 is 14.8. The summed E-state index contributed by atoms with van der Waals surface area (Å²) in [5.74, 6) is -0.902. The van der Waals surface area contributed by atoms with E-state index in [2.05, 4.69) is 5.10 Å². The number of carbonyl (C=O) groups is 1. The fourth-order valence-corrected chi connectivity index (χ4v) is 2.03. The monoisotopic (exact) mass is 309 g/mol. The molecule has 0 aliphatic heterocycles. The molecule has 7 heteroatoms. The molecule has 0 N–H and O–H groups in total. The van der Waals surface area contributed by atoms with E-state index in [1.807, 2.05) is 0 Å². The number of carbonyl (C=O) groups excluding carboxylic acids is 1. The Morgan fingerprint density at radius 2 is 2.10 bits per heavy atom. The van der Waals surface area contributed by atoms with Crippen molar-refractivity contribution in [3.05, 3.63) is 62.8 Å². The second-order valence-corrected chi connectivity index (χ2v) is 4.95. The first kappa shape index (κ1) is 15.2. The zero-order valence-corrected chi connectivity index (χ0v) is 12.3. The van der Waals surface area contributed by atoms with E-state index in [9.17, 15) is 14.0 Å². The zero-order chi connectivity index (χ0) is 15.6. The lowest BCUT2D eigenvalue weighted by atomic mass is 10.2. The second-order valence-electron chi connectivity index (χ2n) is 4.54. The summed E-state index contributed by atoms with van der Waals surface area (Å²) in [5, 5.41) is 4.12. The van der Waals surface area contributed by atoms with Crippen molar-refractivity contribution in [3.63, 3.8) is 0 Å². The highest BCUT2D eigenvalue weighted by Gasteiger charge is 2.17. The number of aromatic nitrogens is 2. The maximum atomic E-state index is 13.7. The van der Waals surface area contributed by atoms with Crippen molar-refractivity contribution in [2.75, 3.05) is 7.05 Å². The Morgan fingerprint density at radius 3 is 2.71 bits per heavy atom. The van der Waals surface area contributed by atoms with Gasteiger partial charge in [0, 0.05) is 30.7 Å². The summed E-state index contributed by atoms with van der Waals surface area (Å²) in [6.45, 7) is 0.00879. The van der Waals surface area contributed by atoms with Crippen LogP contribution in [-0.2, 0) is 13.6 Å². The average molecular weight is 310 g/mol. The molecule has 0 saturated heterocycles. The van der Waals surface area contributed by atoms with Gasteiger partial charge in [-0.25, -0.2) is 9.07 Å². The SMILES string of the molecule is CN(Cc1c(F)cccc1Cl)C(=O)c1ccc(=O)n(C)n1. The molecule has 1 amide bonds. The lowest BCUT2D eigenvalue weighted by Gasteiger charge is -2.18. The zero-order valence-electron chi connectivity index (χ0n) is 11.5. The van der Waals surface area contributed by atoms with Crippen LogP contribution in [0, 0.1) is 5.82 Å². The molecule has 21 heavy (non-hydrogen) atoms. The molecule has 0 fully saturated rings. The molecular weight excluding hydrogens is 297 g/mol. The molecule has 0 atom stereocenters. The van der Waals surface area contributed by atoms with Crippen LogP contribution in [0.5, 0.6) is 0 Å². The molecule has 2 rings (SSSR count). The van der Waals surface area contributed by atoms with E-state index in [1.54, 1.807) is 6.07 Å². The molecule has 0 saturated carbocycles. The smallest absolute Gasteiger partial charge is 0.274 e. The highest BCUT2D eigenvalue weighted by Crippen LogP contribution is 2.20. The van der Waals surface area contributed by atoms with E-state index in [0.29, 0.717) is 0 Å². The topological polar surface area (TPSA) is 55.2 Å². The third-order valence-corrected chi connectivity index (χ3v) is 3.34. The van der Waals surface area contributed by atoms with Gasteiger partial charge in [0.15, 0.2) is 0 Å². The Kier molecular flexibility index (Phi) is 4.37. The van der Waals surface area contributed by atoms with Crippen molar-refractivity contribution in [1.29, 1.82) is 0 Å². The Hall–Kier alpha value is -2.21. The molecule has 1 aromatic carbocycles. The third-order valence-electron chi connectivity index (χ3n) is 2.98. The molecule has 5 nitrogen and oxygen atoms in total. The van der Waals surface area contributed by atoms with Crippen LogP contribution in [0.1, 0.15) is 16.1 Å². The minimum Gasteiger partial charge on any atom is -0.336 e. The molecule has 110 valence electrons. The summed E-state index contributed by atoms with van der Waals surface area (Å²) in [6, 6.07) is 6.93. The first-order chi connectivity index (χ1) is 9.90. The van der Waals surface area contributed by atoms with Crippen molar-refractivity contribution in [2.24, 2.45) is 7.05 Å². The highest BCUT2D eigenvalue weighted by molar-refractivity contribution is 6.31. The summed E-state index contributed by atoms with van der Waals surface area (Å²) >= 11 is 5.93. The Morgan fingerprint density at radius 1 is 1.38 bits per heavy atom. The van der Waals surface area contributed by atoms with Crippen LogP contribution in [0.25, 0.3) is 0 Å². The van der Waals surface area contributed by atoms with Gasteiger partial charge in [-0.2, -0.15) is 5.10 Å². The molecule has 1 aromatic heterocycles. The van der Waals surface area contributed by atoms with Crippen LogP contribution in [0.3, 0.4) is 0 Å². The molecule has 1 heterocycles. The van der Waals surface area contributed by atoms with Crippen molar-refractivity contribution >= 4 is 17.5 Å². The Labute approximate surface area is 125 Å². The second kappa shape index (κ2) is 6.05. The lowest BCUT2D eigenvalue weighted by molar-refractivity contribution is 0.0775. The first-order valence-electron chi connectivity index (χ1n) is 6.13. The van der Waals surface area contributed by atoms with Gasteiger partial charge in [0.2, 0.25) is 0 Å². The fourth-order valence-electron chi connectivity index (χ4n) is 1.80. The van der Waals surface area contributed by atoms with E-state index >= 15 is 0 Å². The van der Waals surface area contributed by atoms with Crippen LogP contribution < -0.4 is 5.56 Å². The van der Waals surface area contributed by atoms with Crippen LogP contribution in [0.4, 0.5) is 4.39 Å². The van der Waals surface area contributed by atoms with Gasteiger partial charge in [-0.3, -0.25) is 9.59 Å². The van der Waals surface area contributed by atoms with E-state index in [1.165, 1.54) is 43.3 Å². The number of benzene rings is 1. The molecular formula is C14H13ClFN3O2. The predicted molar refractivity (Wildman–Crippen MR) is 76.7 cm³/mol. The van der Waals surface area contributed by atoms with E-state index in [0.717, 1.165) is 4.68 Å². The molecule has 0 aliphatic carbocycles.